The Balaban J connectivity index is 1.35. The number of aromatic nitrogens is 1. The van der Waals surface area contributed by atoms with Crippen LogP contribution in [0.3, 0.4) is 0 Å². The van der Waals surface area contributed by atoms with E-state index < -0.39 is 0 Å². The van der Waals surface area contributed by atoms with Crippen LogP contribution in [0.5, 0.6) is 0 Å². The SMILES string of the molecule is O=C1[C@@H](C2CCN(Cc3ccccn3)CC2)CCCCN1Cc1ccccc1. The third kappa shape index (κ3) is 4.79. The van der Waals surface area contributed by atoms with E-state index in [1.807, 2.05) is 18.3 Å². The van der Waals surface area contributed by atoms with E-state index >= 15 is 0 Å². The predicted molar refractivity (Wildman–Crippen MR) is 111 cm³/mol. The lowest BCUT2D eigenvalue weighted by atomic mass is 9.81. The van der Waals surface area contributed by atoms with Crippen molar-refractivity contribution in [3.8, 4) is 0 Å². The molecule has 0 bridgehead atoms. The van der Waals surface area contributed by atoms with E-state index in [4.69, 9.17) is 0 Å². The molecule has 148 valence electrons. The van der Waals surface area contributed by atoms with E-state index in [0.717, 1.165) is 64.1 Å². The van der Waals surface area contributed by atoms with Crippen molar-refractivity contribution in [1.82, 2.24) is 14.8 Å². The predicted octanol–water partition coefficient (Wildman–Crippen LogP) is 4.12. The fourth-order valence-electron chi connectivity index (χ4n) is 4.77. The zero-order chi connectivity index (χ0) is 19.2. The van der Waals surface area contributed by atoms with Gasteiger partial charge in [0.1, 0.15) is 0 Å². The summed E-state index contributed by atoms with van der Waals surface area (Å²) in [5, 5.41) is 0. The summed E-state index contributed by atoms with van der Waals surface area (Å²) in [5.74, 6) is 1.14. The van der Waals surface area contributed by atoms with Crippen LogP contribution < -0.4 is 0 Å². The van der Waals surface area contributed by atoms with Crippen molar-refractivity contribution in [2.24, 2.45) is 11.8 Å². The molecule has 1 amide bonds. The Morgan fingerprint density at radius 1 is 0.857 bits per heavy atom. The highest BCUT2D eigenvalue weighted by molar-refractivity contribution is 5.79. The molecule has 2 aromatic rings. The van der Waals surface area contributed by atoms with Gasteiger partial charge in [-0.1, -0.05) is 42.8 Å². The quantitative estimate of drug-likeness (QED) is 0.786. The van der Waals surface area contributed by atoms with Crippen LogP contribution in [0.2, 0.25) is 0 Å². The number of pyridine rings is 1. The largest absolute Gasteiger partial charge is 0.338 e. The summed E-state index contributed by atoms with van der Waals surface area (Å²) in [6, 6.07) is 16.5. The molecule has 2 saturated heterocycles. The van der Waals surface area contributed by atoms with E-state index in [1.54, 1.807) is 0 Å². The molecule has 2 fully saturated rings. The van der Waals surface area contributed by atoms with Crippen molar-refractivity contribution in [1.29, 1.82) is 0 Å². The lowest BCUT2D eigenvalue weighted by Crippen LogP contribution is -2.42. The Morgan fingerprint density at radius 2 is 1.64 bits per heavy atom. The summed E-state index contributed by atoms with van der Waals surface area (Å²) in [7, 11) is 0. The van der Waals surface area contributed by atoms with Crippen LogP contribution in [-0.2, 0) is 17.9 Å². The fraction of sp³-hybridized carbons (Fsp3) is 0.500. The fourth-order valence-corrected chi connectivity index (χ4v) is 4.77. The molecule has 1 aromatic carbocycles. The average Bonchev–Trinajstić information content (AvgIpc) is 2.92. The van der Waals surface area contributed by atoms with Gasteiger partial charge < -0.3 is 4.90 Å². The third-order valence-corrected chi connectivity index (χ3v) is 6.35. The van der Waals surface area contributed by atoms with Crippen molar-refractivity contribution in [3.63, 3.8) is 0 Å². The molecule has 4 heteroatoms. The van der Waals surface area contributed by atoms with Gasteiger partial charge >= 0.3 is 0 Å². The molecule has 3 heterocycles. The molecule has 1 aromatic heterocycles. The number of carbonyl (C=O) groups is 1. The van der Waals surface area contributed by atoms with E-state index in [-0.39, 0.29) is 5.92 Å². The van der Waals surface area contributed by atoms with Crippen LogP contribution in [0, 0.1) is 11.8 Å². The first-order chi connectivity index (χ1) is 13.8. The van der Waals surface area contributed by atoms with Crippen molar-refractivity contribution in [2.45, 2.75) is 45.2 Å². The van der Waals surface area contributed by atoms with Crippen molar-refractivity contribution in [2.75, 3.05) is 19.6 Å². The van der Waals surface area contributed by atoms with Gasteiger partial charge in [-0.25, -0.2) is 0 Å². The number of nitrogens with zero attached hydrogens (tertiary/aromatic N) is 3. The second kappa shape index (κ2) is 9.33. The van der Waals surface area contributed by atoms with Gasteiger partial charge in [0.2, 0.25) is 5.91 Å². The summed E-state index contributed by atoms with van der Waals surface area (Å²) in [4.78, 5) is 22.4. The van der Waals surface area contributed by atoms with Crippen LogP contribution in [0.15, 0.2) is 54.7 Å². The molecular formula is C24H31N3O. The van der Waals surface area contributed by atoms with E-state index in [9.17, 15) is 4.79 Å². The molecule has 4 nitrogen and oxygen atoms in total. The van der Waals surface area contributed by atoms with Crippen LogP contribution >= 0.6 is 0 Å². The van der Waals surface area contributed by atoms with Crippen LogP contribution in [0.1, 0.15) is 43.4 Å². The van der Waals surface area contributed by atoms with Gasteiger partial charge in [0.25, 0.3) is 0 Å². The summed E-state index contributed by atoms with van der Waals surface area (Å²) in [6.45, 7) is 4.73. The second-order valence-electron chi connectivity index (χ2n) is 8.28. The van der Waals surface area contributed by atoms with Gasteiger partial charge in [-0.2, -0.15) is 0 Å². The minimum Gasteiger partial charge on any atom is -0.338 e. The van der Waals surface area contributed by atoms with Gasteiger partial charge in [-0.15, -0.1) is 0 Å². The summed E-state index contributed by atoms with van der Waals surface area (Å²) >= 11 is 0. The molecule has 28 heavy (non-hydrogen) atoms. The molecule has 0 spiro atoms. The van der Waals surface area contributed by atoms with Gasteiger partial charge in [0.05, 0.1) is 5.69 Å². The number of carbonyl (C=O) groups excluding carboxylic acids is 1. The van der Waals surface area contributed by atoms with Crippen LogP contribution in [-0.4, -0.2) is 40.3 Å². The van der Waals surface area contributed by atoms with Gasteiger partial charge in [-0.3, -0.25) is 14.7 Å². The van der Waals surface area contributed by atoms with E-state index in [0.29, 0.717) is 11.8 Å². The van der Waals surface area contributed by atoms with Gasteiger partial charge in [0.15, 0.2) is 0 Å². The van der Waals surface area contributed by atoms with Gasteiger partial charge in [0, 0.05) is 31.7 Å². The summed E-state index contributed by atoms with van der Waals surface area (Å²) in [6.07, 6.45) is 7.50. The lowest BCUT2D eigenvalue weighted by Gasteiger charge is -2.36. The number of hydrogen-bond donors (Lipinski definition) is 0. The smallest absolute Gasteiger partial charge is 0.226 e. The maximum absolute atomic E-state index is 13.3. The highest BCUT2D eigenvalue weighted by atomic mass is 16.2. The van der Waals surface area contributed by atoms with Gasteiger partial charge in [-0.05, 0) is 62.4 Å². The molecule has 2 aliphatic rings. The maximum Gasteiger partial charge on any atom is 0.226 e. The Bertz CT molecular complexity index is 741. The molecule has 4 rings (SSSR count). The molecule has 0 N–H and O–H groups in total. The normalized spacial score (nSPS) is 22.2. The molecular weight excluding hydrogens is 346 g/mol. The molecule has 1 atom stereocenters. The second-order valence-corrected chi connectivity index (χ2v) is 8.28. The molecule has 0 saturated carbocycles. The van der Waals surface area contributed by atoms with Crippen LogP contribution in [0.4, 0.5) is 0 Å². The minimum atomic E-state index is 0.211. The highest BCUT2D eigenvalue weighted by Crippen LogP contribution is 2.33. The van der Waals surface area contributed by atoms with Crippen LogP contribution in [0.25, 0.3) is 0 Å². The highest BCUT2D eigenvalue weighted by Gasteiger charge is 2.35. The summed E-state index contributed by atoms with van der Waals surface area (Å²) < 4.78 is 0. The third-order valence-electron chi connectivity index (χ3n) is 6.35. The molecule has 0 unspecified atom stereocenters. The van der Waals surface area contributed by atoms with Crippen molar-refractivity contribution in [3.05, 3.63) is 66.0 Å². The molecule has 2 aliphatic heterocycles. The first-order valence-corrected chi connectivity index (χ1v) is 10.7. The number of benzene rings is 1. The Labute approximate surface area is 168 Å². The number of piperidine rings is 1. The monoisotopic (exact) mass is 377 g/mol. The number of hydrogen-bond acceptors (Lipinski definition) is 3. The number of likely N-dealkylation sites (tertiary alicyclic amines) is 2. The summed E-state index contributed by atoms with van der Waals surface area (Å²) in [5.41, 5.74) is 2.38. The first-order valence-electron chi connectivity index (χ1n) is 10.7. The minimum absolute atomic E-state index is 0.211. The Kier molecular flexibility index (Phi) is 6.38. The van der Waals surface area contributed by atoms with Crippen molar-refractivity contribution < 1.29 is 4.79 Å². The maximum atomic E-state index is 13.3. The number of rotatable bonds is 5. The van der Waals surface area contributed by atoms with E-state index in [2.05, 4.69) is 51.2 Å². The average molecular weight is 378 g/mol. The zero-order valence-electron chi connectivity index (χ0n) is 16.7. The molecule has 0 aliphatic carbocycles. The van der Waals surface area contributed by atoms with E-state index in [1.165, 1.54) is 12.0 Å². The van der Waals surface area contributed by atoms with Crippen molar-refractivity contribution >= 4 is 5.91 Å². The Hall–Kier alpha value is -2.20. The Morgan fingerprint density at radius 3 is 2.39 bits per heavy atom. The standard InChI is InChI=1S/C24H31N3O/c28-24-23(11-5-7-15-27(24)18-20-8-2-1-3-9-20)21-12-16-26(17-13-21)19-22-10-4-6-14-25-22/h1-4,6,8-10,14,21,23H,5,7,11-13,15-19H2/t23-/m1/s1. The molecule has 0 radical (unpaired) electrons. The first kappa shape index (κ1) is 19.1. The zero-order valence-corrected chi connectivity index (χ0v) is 16.7. The number of amides is 1. The lowest BCUT2D eigenvalue weighted by molar-refractivity contribution is -0.138. The topological polar surface area (TPSA) is 36.4 Å².